The third-order valence-corrected chi connectivity index (χ3v) is 8.48. The second kappa shape index (κ2) is 12.3. The molecular formula is C29H32F3N7O3S. The predicted molar refractivity (Wildman–Crippen MR) is 156 cm³/mol. The Kier molecular flexibility index (Phi) is 8.71. The van der Waals surface area contributed by atoms with Crippen molar-refractivity contribution in [3.05, 3.63) is 70.6 Å². The van der Waals surface area contributed by atoms with Gasteiger partial charge in [-0.1, -0.05) is 18.2 Å². The highest BCUT2D eigenvalue weighted by Gasteiger charge is 2.35. The number of benzene rings is 1. The Hall–Kier alpha value is -4.01. The summed E-state index contributed by atoms with van der Waals surface area (Å²) >= 11 is 1.07. The smallest absolute Gasteiger partial charge is 0.416 e. The number of fused-ring (bicyclic) bond motifs is 1. The van der Waals surface area contributed by atoms with Crippen molar-refractivity contribution in [3.63, 3.8) is 0 Å². The Balaban J connectivity index is 1.35. The number of piperazine rings is 1. The van der Waals surface area contributed by atoms with Crippen LogP contribution in [0, 0.1) is 0 Å². The van der Waals surface area contributed by atoms with Crippen LogP contribution in [0.25, 0.3) is 16.0 Å². The number of halogens is 3. The van der Waals surface area contributed by atoms with Crippen molar-refractivity contribution >= 4 is 34.2 Å². The molecule has 228 valence electrons. The minimum absolute atomic E-state index is 0.0490. The van der Waals surface area contributed by atoms with Crippen molar-refractivity contribution in [2.75, 3.05) is 46.8 Å². The van der Waals surface area contributed by atoms with Gasteiger partial charge in [0.1, 0.15) is 33.6 Å². The van der Waals surface area contributed by atoms with Gasteiger partial charge in [-0.3, -0.25) is 28.9 Å². The molecule has 4 heterocycles. The van der Waals surface area contributed by atoms with Gasteiger partial charge in [-0.25, -0.2) is 4.98 Å². The molecule has 10 nitrogen and oxygen atoms in total. The van der Waals surface area contributed by atoms with Gasteiger partial charge in [0.25, 0.3) is 5.91 Å². The number of aromatic nitrogens is 3. The Bertz CT molecular complexity index is 1630. The molecule has 43 heavy (non-hydrogen) atoms. The molecule has 14 heteroatoms. The number of hydrogen-bond acceptors (Lipinski definition) is 8. The van der Waals surface area contributed by atoms with E-state index in [1.54, 1.807) is 42.2 Å². The Labute approximate surface area is 250 Å². The van der Waals surface area contributed by atoms with Crippen LogP contribution in [0.5, 0.6) is 5.75 Å². The lowest BCUT2D eigenvalue weighted by Crippen LogP contribution is -2.49. The molecule has 2 N–H and O–H groups in total. The predicted octanol–water partition coefficient (Wildman–Crippen LogP) is 3.95. The van der Waals surface area contributed by atoms with Crippen LogP contribution in [0.15, 0.2) is 48.9 Å². The molecule has 0 bridgehead atoms. The SMILES string of the molecule is C[C@@H](Oc1cc(-n2cnc3cnc(CN4CCN(CC(=O)N(C)C)CC4)cc32)sc1C(N)=O)c1ccccc1C(F)(F)F. The monoisotopic (exact) mass is 615 g/mol. The lowest BCUT2D eigenvalue weighted by molar-refractivity contribution is -0.139. The minimum Gasteiger partial charge on any atom is -0.484 e. The van der Waals surface area contributed by atoms with E-state index in [-0.39, 0.29) is 22.1 Å². The zero-order valence-electron chi connectivity index (χ0n) is 24.0. The number of carbonyl (C=O) groups is 2. The van der Waals surface area contributed by atoms with Crippen LogP contribution >= 0.6 is 11.3 Å². The normalized spacial score (nSPS) is 15.5. The highest BCUT2D eigenvalue weighted by atomic mass is 32.1. The highest BCUT2D eigenvalue weighted by molar-refractivity contribution is 7.16. The van der Waals surface area contributed by atoms with Crippen molar-refractivity contribution in [1.29, 1.82) is 0 Å². The summed E-state index contributed by atoms with van der Waals surface area (Å²) in [5, 5.41) is 0.568. The number of primary amides is 1. The molecule has 5 rings (SSSR count). The molecule has 1 atom stereocenters. The topological polar surface area (TPSA) is 110 Å². The standard InChI is InChI=1S/C29H32F3N7O3S/c1-18(20-6-4-5-7-21(20)29(30,31)32)42-24-13-26(43-27(24)28(33)41)39-17-35-22-14-34-19(12-23(22)39)15-37-8-10-38(11-9-37)16-25(40)36(2)3/h4-7,12-14,17-18H,8-11,15-16H2,1-3H3,(H2,33,41)/t18-/m1/s1. The summed E-state index contributed by atoms with van der Waals surface area (Å²) in [7, 11) is 3.50. The van der Waals surface area contributed by atoms with Gasteiger partial charge in [0.2, 0.25) is 5.91 Å². The number of amides is 2. The number of ether oxygens (including phenoxy) is 1. The van der Waals surface area contributed by atoms with E-state index < -0.39 is 23.8 Å². The van der Waals surface area contributed by atoms with Gasteiger partial charge in [-0.05, 0) is 19.1 Å². The van der Waals surface area contributed by atoms with Gasteiger partial charge in [0.15, 0.2) is 0 Å². The summed E-state index contributed by atoms with van der Waals surface area (Å²) in [6.45, 7) is 5.65. The first-order valence-electron chi connectivity index (χ1n) is 13.6. The molecule has 0 unspecified atom stereocenters. The zero-order chi connectivity index (χ0) is 30.9. The molecule has 1 fully saturated rings. The molecule has 1 aromatic carbocycles. The van der Waals surface area contributed by atoms with E-state index in [0.29, 0.717) is 23.6 Å². The fraction of sp³-hybridized carbons (Fsp3) is 0.379. The Morgan fingerprint density at radius 3 is 2.47 bits per heavy atom. The summed E-state index contributed by atoms with van der Waals surface area (Å²) in [5.74, 6) is -0.574. The van der Waals surface area contributed by atoms with E-state index in [9.17, 15) is 22.8 Å². The van der Waals surface area contributed by atoms with E-state index in [4.69, 9.17) is 10.5 Å². The molecule has 1 aliphatic heterocycles. The highest BCUT2D eigenvalue weighted by Crippen LogP contribution is 2.39. The quantitative estimate of drug-likeness (QED) is 0.304. The summed E-state index contributed by atoms with van der Waals surface area (Å²) < 4.78 is 48.5. The van der Waals surface area contributed by atoms with Gasteiger partial charge >= 0.3 is 6.18 Å². The lowest BCUT2D eigenvalue weighted by atomic mass is 10.0. The number of hydrogen-bond donors (Lipinski definition) is 1. The van der Waals surface area contributed by atoms with Crippen molar-refractivity contribution in [2.45, 2.75) is 25.7 Å². The van der Waals surface area contributed by atoms with Gasteiger partial charge in [0.05, 0.1) is 29.5 Å². The number of rotatable bonds is 9. The van der Waals surface area contributed by atoms with Gasteiger partial charge in [-0.15, -0.1) is 11.3 Å². The van der Waals surface area contributed by atoms with Crippen molar-refractivity contribution < 1.29 is 27.5 Å². The fourth-order valence-electron chi connectivity index (χ4n) is 4.99. The number of carbonyl (C=O) groups excluding carboxylic acids is 2. The average Bonchev–Trinajstić information content (AvgIpc) is 3.57. The number of thiophene rings is 1. The molecule has 2 amide bonds. The summed E-state index contributed by atoms with van der Waals surface area (Å²) in [6, 6.07) is 8.69. The molecule has 4 aromatic rings. The number of nitrogens with two attached hydrogens (primary N) is 1. The van der Waals surface area contributed by atoms with E-state index >= 15 is 0 Å². The van der Waals surface area contributed by atoms with Crippen LogP contribution < -0.4 is 10.5 Å². The van der Waals surface area contributed by atoms with Gasteiger partial charge in [-0.2, -0.15) is 13.2 Å². The van der Waals surface area contributed by atoms with E-state index in [1.807, 2.05) is 6.07 Å². The lowest BCUT2D eigenvalue weighted by Gasteiger charge is -2.34. The number of pyridine rings is 1. The summed E-state index contributed by atoms with van der Waals surface area (Å²) in [5.41, 5.74) is 7.00. The van der Waals surface area contributed by atoms with Gasteiger partial charge in [0, 0.05) is 58.4 Å². The molecule has 0 spiro atoms. The van der Waals surface area contributed by atoms with Crippen molar-refractivity contribution in [3.8, 4) is 10.8 Å². The molecule has 3 aromatic heterocycles. The first kappa shape index (κ1) is 30.4. The zero-order valence-corrected chi connectivity index (χ0v) is 24.8. The molecule has 0 radical (unpaired) electrons. The molecule has 0 saturated carbocycles. The van der Waals surface area contributed by atoms with E-state index in [0.717, 1.165) is 54.8 Å². The van der Waals surface area contributed by atoms with Crippen molar-refractivity contribution in [1.82, 2.24) is 29.2 Å². The Morgan fingerprint density at radius 1 is 1.09 bits per heavy atom. The fourth-order valence-corrected chi connectivity index (χ4v) is 5.91. The number of alkyl halides is 3. The summed E-state index contributed by atoms with van der Waals surface area (Å²) in [4.78, 5) is 39.4. The van der Waals surface area contributed by atoms with E-state index in [1.165, 1.54) is 25.1 Å². The maximum Gasteiger partial charge on any atom is 0.416 e. The van der Waals surface area contributed by atoms with E-state index in [2.05, 4.69) is 19.8 Å². The molecular weight excluding hydrogens is 583 g/mol. The maximum absolute atomic E-state index is 13.6. The third-order valence-electron chi connectivity index (χ3n) is 7.35. The number of likely N-dealkylation sites (N-methyl/N-ethyl adjacent to an activating group) is 1. The molecule has 0 aliphatic carbocycles. The van der Waals surface area contributed by atoms with Crippen LogP contribution in [0.2, 0.25) is 0 Å². The maximum atomic E-state index is 13.6. The van der Waals surface area contributed by atoms with Crippen LogP contribution in [-0.4, -0.2) is 87.9 Å². The Morgan fingerprint density at radius 2 is 1.79 bits per heavy atom. The van der Waals surface area contributed by atoms with Crippen LogP contribution in [0.3, 0.4) is 0 Å². The van der Waals surface area contributed by atoms with Gasteiger partial charge < -0.3 is 15.4 Å². The van der Waals surface area contributed by atoms with Crippen molar-refractivity contribution in [2.24, 2.45) is 5.73 Å². The molecule has 1 saturated heterocycles. The van der Waals surface area contributed by atoms with Crippen LogP contribution in [-0.2, 0) is 17.5 Å². The average molecular weight is 616 g/mol. The minimum atomic E-state index is -4.55. The largest absolute Gasteiger partial charge is 0.484 e. The van der Waals surface area contributed by atoms with Crippen LogP contribution in [0.4, 0.5) is 13.2 Å². The number of nitrogens with zero attached hydrogens (tertiary/aromatic N) is 6. The first-order chi connectivity index (χ1) is 20.4. The number of imidazole rings is 1. The first-order valence-corrected chi connectivity index (χ1v) is 14.5. The molecule has 1 aliphatic rings. The third kappa shape index (κ3) is 6.81. The second-order valence-corrected chi connectivity index (χ2v) is 11.6. The second-order valence-electron chi connectivity index (χ2n) is 10.6. The van der Waals surface area contributed by atoms with Crippen LogP contribution in [0.1, 0.15) is 39.5 Å². The summed E-state index contributed by atoms with van der Waals surface area (Å²) in [6.07, 6.45) is -2.28.